The first-order chi connectivity index (χ1) is 9.52. The molecule has 0 amide bonds. The summed E-state index contributed by atoms with van der Waals surface area (Å²) >= 11 is 0. The standard InChI is InChI=1S/C13H27N3O4/c1-2-8-16-11(12(17)18)6-9-20-13(19)10(15)5-3-4-7-14/h10-11,16H,2-9,14-15H2,1H3,(H,17,18). The van der Waals surface area contributed by atoms with Gasteiger partial charge in [0.1, 0.15) is 12.1 Å². The average Bonchev–Trinajstić information content (AvgIpc) is 2.42. The Hall–Kier alpha value is -1.18. The molecule has 0 fully saturated rings. The number of carbonyl (C=O) groups excluding carboxylic acids is 1. The summed E-state index contributed by atoms with van der Waals surface area (Å²) in [6.45, 7) is 3.19. The molecule has 0 heterocycles. The first-order valence-corrected chi connectivity index (χ1v) is 7.11. The van der Waals surface area contributed by atoms with E-state index >= 15 is 0 Å². The maximum absolute atomic E-state index is 11.6. The number of nitrogens with one attached hydrogen (secondary N) is 1. The first-order valence-electron chi connectivity index (χ1n) is 7.11. The highest BCUT2D eigenvalue weighted by Crippen LogP contribution is 2.01. The number of hydrogen-bond acceptors (Lipinski definition) is 6. The molecule has 0 bridgehead atoms. The number of ether oxygens (including phenoxy) is 1. The van der Waals surface area contributed by atoms with Crippen LogP contribution in [-0.4, -0.2) is 48.8 Å². The van der Waals surface area contributed by atoms with E-state index in [0.717, 1.165) is 19.3 Å². The highest BCUT2D eigenvalue weighted by atomic mass is 16.5. The topological polar surface area (TPSA) is 128 Å². The Morgan fingerprint density at radius 1 is 1.30 bits per heavy atom. The first kappa shape index (κ1) is 18.8. The van der Waals surface area contributed by atoms with Gasteiger partial charge in [0.05, 0.1) is 6.61 Å². The quantitative estimate of drug-likeness (QED) is 0.290. The summed E-state index contributed by atoms with van der Waals surface area (Å²) in [5, 5.41) is 11.9. The minimum atomic E-state index is -0.943. The zero-order valence-electron chi connectivity index (χ0n) is 12.1. The number of esters is 1. The molecule has 0 aliphatic carbocycles. The second kappa shape index (κ2) is 11.6. The summed E-state index contributed by atoms with van der Waals surface area (Å²) in [6, 6.07) is -1.36. The van der Waals surface area contributed by atoms with E-state index in [1.807, 2.05) is 6.92 Å². The van der Waals surface area contributed by atoms with Crippen LogP contribution in [0.15, 0.2) is 0 Å². The van der Waals surface area contributed by atoms with E-state index in [1.54, 1.807) is 0 Å². The fraction of sp³-hybridized carbons (Fsp3) is 0.846. The van der Waals surface area contributed by atoms with Gasteiger partial charge in [0, 0.05) is 6.42 Å². The molecule has 0 aliphatic rings. The summed E-state index contributed by atoms with van der Waals surface area (Å²) in [7, 11) is 0. The molecule has 0 saturated heterocycles. The zero-order valence-corrected chi connectivity index (χ0v) is 12.1. The Balaban J connectivity index is 3.89. The van der Waals surface area contributed by atoms with E-state index in [1.165, 1.54) is 0 Å². The monoisotopic (exact) mass is 289 g/mol. The Morgan fingerprint density at radius 2 is 2.00 bits per heavy atom. The van der Waals surface area contributed by atoms with Crippen LogP contribution in [0.5, 0.6) is 0 Å². The summed E-state index contributed by atoms with van der Waals surface area (Å²) in [4.78, 5) is 22.5. The number of aliphatic carboxylic acids is 1. The molecule has 0 rings (SSSR count). The van der Waals surface area contributed by atoms with Crippen molar-refractivity contribution < 1.29 is 19.4 Å². The molecule has 0 aromatic carbocycles. The van der Waals surface area contributed by atoms with Crippen LogP contribution >= 0.6 is 0 Å². The lowest BCUT2D eigenvalue weighted by Gasteiger charge is -2.15. The van der Waals surface area contributed by atoms with Crippen molar-refractivity contribution in [2.45, 2.75) is 51.1 Å². The van der Waals surface area contributed by atoms with Gasteiger partial charge >= 0.3 is 11.9 Å². The fourth-order valence-electron chi connectivity index (χ4n) is 1.64. The molecule has 2 unspecified atom stereocenters. The predicted octanol–water partition coefficient (Wildman–Crippen LogP) is -0.171. The van der Waals surface area contributed by atoms with E-state index in [4.69, 9.17) is 21.3 Å². The molecule has 0 saturated carbocycles. The summed E-state index contributed by atoms with van der Waals surface area (Å²) < 4.78 is 5.00. The highest BCUT2D eigenvalue weighted by Gasteiger charge is 2.19. The third-order valence-electron chi connectivity index (χ3n) is 2.86. The number of hydrogen-bond donors (Lipinski definition) is 4. The molecular weight excluding hydrogens is 262 g/mol. The smallest absolute Gasteiger partial charge is 0.322 e. The third kappa shape index (κ3) is 8.84. The van der Waals surface area contributed by atoms with Gasteiger partial charge in [0.15, 0.2) is 0 Å². The Bertz CT molecular complexity index is 287. The van der Waals surface area contributed by atoms with Crippen molar-refractivity contribution in [2.24, 2.45) is 11.5 Å². The van der Waals surface area contributed by atoms with Crippen LogP contribution in [-0.2, 0) is 14.3 Å². The lowest BCUT2D eigenvalue weighted by molar-refractivity contribution is -0.147. The van der Waals surface area contributed by atoms with Crippen LogP contribution in [0.1, 0.15) is 39.0 Å². The minimum absolute atomic E-state index is 0.0527. The van der Waals surface area contributed by atoms with Gasteiger partial charge in [-0.3, -0.25) is 9.59 Å². The van der Waals surface area contributed by atoms with Gasteiger partial charge in [-0.25, -0.2) is 0 Å². The van der Waals surface area contributed by atoms with E-state index in [9.17, 15) is 9.59 Å². The summed E-state index contributed by atoms with van der Waals surface area (Å²) in [6.07, 6.45) is 3.21. The van der Waals surface area contributed by atoms with Crippen LogP contribution in [0, 0.1) is 0 Å². The number of carboxylic acids is 1. The Labute approximate surface area is 120 Å². The van der Waals surface area contributed by atoms with Crippen molar-refractivity contribution in [3.05, 3.63) is 0 Å². The van der Waals surface area contributed by atoms with Crippen molar-refractivity contribution >= 4 is 11.9 Å². The Morgan fingerprint density at radius 3 is 2.55 bits per heavy atom. The summed E-state index contributed by atoms with van der Waals surface area (Å²) in [5.74, 6) is -1.43. The number of rotatable bonds is 12. The van der Waals surface area contributed by atoms with Crippen LogP contribution in [0.2, 0.25) is 0 Å². The average molecular weight is 289 g/mol. The van der Waals surface area contributed by atoms with Gasteiger partial charge in [0.25, 0.3) is 0 Å². The van der Waals surface area contributed by atoms with E-state index in [-0.39, 0.29) is 13.0 Å². The molecule has 118 valence electrons. The normalized spacial score (nSPS) is 13.8. The van der Waals surface area contributed by atoms with Crippen molar-refractivity contribution in [2.75, 3.05) is 19.7 Å². The van der Waals surface area contributed by atoms with Crippen molar-refractivity contribution in [3.63, 3.8) is 0 Å². The van der Waals surface area contributed by atoms with Gasteiger partial charge in [-0.05, 0) is 32.4 Å². The third-order valence-corrected chi connectivity index (χ3v) is 2.86. The molecule has 0 spiro atoms. The van der Waals surface area contributed by atoms with E-state index in [2.05, 4.69) is 5.32 Å². The van der Waals surface area contributed by atoms with Crippen molar-refractivity contribution in [1.82, 2.24) is 5.32 Å². The molecule has 0 radical (unpaired) electrons. The lowest BCUT2D eigenvalue weighted by Crippen LogP contribution is -2.39. The van der Waals surface area contributed by atoms with Gasteiger partial charge in [-0.1, -0.05) is 13.3 Å². The van der Waals surface area contributed by atoms with Crippen LogP contribution in [0.25, 0.3) is 0 Å². The van der Waals surface area contributed by atoms with E-state index in [0.29, 0.717) is 19.5 Å². The molecule has 0 aromatic heterocycles. The fourth-order valence-corrected chi connectivity index (χ4v) is 1.64. The van der Waals surface area contributed by atoms with Crippen molar-refractivity contribution in [1.29, 1.82) is 0 Å². The van der Waals surface area contributed by atoms with Gasteiger partial charge < -0.3 is 26.6 Å². The minimum Gasteiger partial charge on any atom is -0.480 e. The molecular formula is C13H27N3O4. The van der Waals surface area contributed by atoms with Crippen LogP contribution in [0.3, 0.4) is 0 Å². The maximum Gasteiger partial charge on any atom is 0.322 e. The lowest BCUT2D eigenvalue weighted by atomic mass is 10.1. The maximum atomic E-state index is 11.6. The SMILES string of the molecule is CCCNC(CCOC(=O)C(N)CCCCN)C(=O)O. The van der Waals surface area contributed by atoms with Crippen molar-refractivity contribution in [3.8, 4) is 0 Å². The van der Waals surface area contributed by atoms with Gasteiger partial charge in [0.2, 0.25) is 0 Å². The number of unbranched alkanes of at least 4 members (excludes halogenated alkanes) is 1. The largest absolute Gasteiger partial charge is 0.480 e. The molecule has 7 heteroatoms. The second-order valence-electron chi connectivity index (χ2n) is 4.69. The zero-order chi connectivity index (χ0) is 15.4. The van der Waals surface area contributed by atoms with Gasteiger partial charge in [-0.15, -0.1) is 0 Å². The highest BCUT2D eigenvalue weighted by molar-refractivity contribution is 5.75. The summed E-state index contributed by atoms with van der Waals surface area (Å²) in [5.41, 5.74) is 11.0. The molecule has 7 nitrogen and oxygen atoms in total. The molecule has 6 N–H and O–H groups in total. The number of carboxylic acid groups (broad SMARTS) is 1. The Kier molecular flexibility index (Phi) is 10.9. The molecule has 2 atom stereocenters. The van der Waals surface area contributed by atoms with Crippen LogP contribution in [0.4, 0.5) is 0 Å². The molecule has 0 aromatic rings. The number of carbonyl (C=O) groups is 2. The van der Waals surface area contributed by atoms with Gasteiger partial charge in [-0.2, -0.15) is 0 Å². The molecule has 0 aliphatic heterocycles. The molecule has 20 heavy (non-hydrogen) atoms. The van der Waals surface area contributed by atoms with Crippen LogP contribution < -0.4 is 16.8 Å². The second-order valence-corrected chi connectivity index (χ2v) is 4.69. The number of nitrogens with two attached hydrogens (primary N) is 2. The predicted molar refractivity (Wildman–Crippen MR) is 76.2 cm³/mol. The van der Waals surface area contributed by atoms with E-state index < -0.39 is 24.0 Å².